The van der Waals surface area contributed by atoms with Gasteiger partial charge in [-0.3, -0.25) is 4.79 Å². The molecular formula is C25H22F3N5O. The van der Waals surface area contributed by atoms with Crippen molar-refractivity contribution >= 4 is 23.1 Å². The zero-order chi connectivity index (χ0) is 23.8. The van der Waals surface area contributed by atoms with Crippen LogP contribution in [-0.2, 0) is 6.42 Å². The lowest BCUT2D eigenvalue weighted by atomic mass is 10.0. The first-order chi connectivity index (χ1) is 16.4. The average Bonchev–Trinajstić information content (AvgIpc) is 3.44. The van der Waals surface area contributed by atoms with Gasteiger partial charge in [0, 0.05) is 17.7 Å². The summed E-state index contributed by atoms with van der Waals surface area (Å²) in [6.07, 6.45) is 1.07. The van der Waals surface area contributed by atoms with Gasteiger partial charge in [-0.05, 0) is 54.4 Å². The van der Waals surface area contributed by atoms with Gasteiger partial charge < -0.3 is 10.2 Å². The Labute approximate surface area is 194 Å². The molecule has 2 atom stereocenters. The second-order valence-electron chi connectivity index (χ2n) is 8.28. The van der Waals surface area contributed by atoms with Gasteiger partial charge in [-0.1, -0.05) is 19.1 Å². The number of aryl methyl sites for hydroxylation is 1. The van der Waals surface area contributed by atoms with Crippen LogP contribution in [-0.4, -0.2) is 33.2 Å². The zero-order valence-electron chi connectivity index (χ0n) is 18.4. The van der Waals surface area contributed by atoms with Gasteiger partial charge >= 0.3 is 0 Å². The number of hydrogen-bond acceptors (Lipinski definition) is 4. The third-order valence-electron chi connectivity index (χ3n) is 6.06. The lowest BCUT2D eigenvalue weighted by Gasteiger charge is -2.26. The van der Waals surface area contributed by atoms with Crippen molar-refractivity contribution < 1.29 is 18.0 Å². The van der Waals surface area contributed by atoms with Crippen molar-refractivity contribution in [2.75, 3.05) is 16.8 Å². The van der Waals surface area contributed by atoms with E-state index in [1.807, 2.05) is 31.2 Å². The first kappa shape index (κ1) is 21.9. The van der Waals surface area contributed by atoms with Gasteiger partial charge in [0.2, 0.25) is 0 Å². The van der Waals surface area contributed by atoms with E-state index in [1.165, 1.54) is 10.7 Å². The summed E-state index contributed by atoms with van der Waals surface area (Å²) in [4.78, 5) is 18.7. The van der Waals surface area contributed by atoms with Gasteiger partial charge in [0.05, 0.1) is 18.8 Å². The molecule has 1 fully saturated rings. The number of carbonyl (C=O) groups is 1. The minimum absolute atomic E-state index is 0.00508. The highest BCUT2D eigenvalue weighted by molar-refractivity contribution is 6.03. The van der Waals surface area contributed by atoms with E-state index in [0.717, 1.165) is 30.2 Å². The molecule has 34 heavy (non-hydrogen) atoms. The number of fused-ring (bicyclic) bond motifs is 1. The van der Waals surface area contributed by atoms with Gasteiger partial charge in [0.15, 0.2) is 11.3 Å². The summed E-state index contributed by atoms with van der Waals surface area (Å²) in [5.41, 5.74) is 2.48. The molecule has 4 aromatic rings. The number of halogens is 3. The molecule has 6 nitrogen and oxygen atoms in total. The molecule has 0 spiro atoms. The van der Waals surface area contributed by atoms with E-state index in [9.17, 15) is 18.0 Å². The van der Waals surface area contributed by atoms with Gasteiger partial charge in [-0.2, -0.15) is 0 Å². The number of carbonyl (C=O) groups excluding carboxylic acids is 1. The fourth-order valence-corrected chi connectivity index (χ4v) is 4.29. The Hall–Kier alpha value is -3.88. The molecule has 1 amide bonds. The maximum Gasteiger partial charge on any atom is 0.276 e. The Morgan fingerprint density at radius 3 is 2.68 bits per heavy atom. The predicted octanol–water partition coefficient (Wildman–Crippen LogP) is 5.11. The van der Waals surface area contributed by atoms with Crippen LogP contribution in [0.4, 0.5) is 24.7 Å². The summed E-state index contributed by atoms with van der Waals surface area (Å²) in [6, 6.07) is 13.2. The van der Waals surface area contributed by atoms with E-state index >= 15 is 0 Å². The van der Waals surface area contributed by atoms with Crippen LogP contribution in [0, 0.1) is 11.6 Å². The number of aromatic nitrogens is 3. The summed E-state index contributed by atoms with van der Waals surface area (Å²) in [7, 11) is 0. The van der Waals surface area contributed by atoms with Crippen LogP contribution >= 0.6 is 0 Å². The second kappa shape index (κ2) is 8.81. The maximum absolute atomic E-state index is 14.5. The highest BCUT2D eigenvalue weighted by Crippen LogP contribution is 2.38. The zero-order valence-corrected chi connectivity index (χ0v) is 18.4. The number of hydrogen-bond donors (Lipinski definition) is 1. The van der Waals surface area contributed by atoms with Crippen LogP contribution in [0.1, 0.15) is 41.0 Å². The molecule has 0 radical (unpaired) electrons. The summed E-state index contributed by atoms with van der Waals surface area (Å²) >= 11 is 0. The Morgan fingerprint density at radius 1 is 1.12 bits per heavy atom. The molecule has 0 saturated carbocycles. The average molecular weight is 465 g/mol. The molecule has 1 aliphatic rings. The van der Waals surface area contributed by atoms with Crippen molar-refractivity contribution in [1.82, 2.24) is 14.6 Å². The second-order valence-corrected chi connectivity index (χ2v) is 8.28. The van der Waals surface area contributed by atoms with Gasteiger partial charge in [0.25, 0.3) is 5.91 Å². The molecule has 174 valence electrons. The Kier molecular flexibility index (Phi) is 5.69. The Bertz CT molecular complexity index is 1350. The standard InChI is InChI=1S/C25H22F3N5O/c1-2-15-3-6-18(7-4-15)30-25(34)22-13-29-23-9-10-24(31-33(22)23)32-14-17(27)12-21(32)19-11-16(26)5-8-20(19)28/h3-11,13,17,21H,2,12,14H2,1H3,(H,30,34)/t17-,21+/m0/s1. The number of alkyl halides is 1. The van der Waals surface area contributed by atoms with E-state index in [4.69, 9.17) is 0 Å². The van der Waals surface area contributed by atoms with Crippen molar-refractivity contribution in [1.29, 1.82) is 0 Å². The number of anilines is 2. The monoisotopic (exact) mass is 465 g/mol. The van der Waals surface area contributed by atoms with Crippen molar-refractivity contribution in [3.05, 3.63) is 89.2 Å². The van der Waals surface area contributed by atoms with E-state index in [2.05, 4.69) is 15.4 Å². The summed E-state index contributed by atoms with van der Waals surface area (Å²) in [6.45, 7) is 2.02. The van der Waals surface area contributed by atoms with Crippen LogP contribution in [0.2, 0.25) is 0 Å². The SMILES string of the molecule is CCc1ccc(NC(=O)c2cnc3ccc(N4C[C@@H](F)C[C@@H]4c4cc(F)ccc4F)nn23)cc1. The molecule has 1 saturated heterocycles. The maximum atomic E-state index is 14.5. The molecule has 3 heterocycles. The minimum atomic E-state index is -1.23. The first-order valence-electron chi connectivity index (χ1n) is 11.0. The number of imidazole rings is 1. The van der Waals surface area contributed by atoms with Crippen molar-refractivity contribution in [3.8, 4) is 0 Å². The molecular weight excluding hydrogens is 443 g/mol. The lowest BCUT2D eigenvalue weighted by molar-refractivity contribution is 0.102. The van der Waals surface area contributed by atoms with Crippen molar-refractivity contribution in [2.45, 2.75) is 32.0 Å². The number of rotatable bonds is 5. The number of benzene rings is 2. The molecule has 2 aromatic carbocycles. The third kappa shape index (κ3) is 4.09. The van der Waals surface area contributed by atoms with Crippen molar-refractivity contribution in [2.24, 2.45) is 0 Å². The van der Waals surface area contributed by atoms with Gasteiger partial charge in [-0.15, -0.1) is 5.10 Å². The number of nitrogens with zero attached hydrogens (tertiary/aromatic N) is 4. The Morgan fingerprint density at radius 2 is 1.91 bits per heavy atom. The predicted molar refractivity (Wildman–Crippen MR) is 123 cm³/mol. The van der Waals surface area contributed by atoms with E-state index < -0.39 is 29.8 Å². The fourth-order valence-electron chi connectivity index (χ4n) is 4.29. The molecule has 1 aliphatic heterocycles. The molecule has 5 rings (SSSR count). The number of amides is 1. The minimum Gasteiger partial charge on any atom is -0.345 e. The lowest BCUT2D eigenvalue weighted by Crippen LogP contribution is -2.26. The molecule has 0 unspecified atom stereocenters. The van der Waals surface area contributed by atoms with E-state index in [1.54, 1.807) is 17.0 Å². The summed E-state index contributed by atoms with van der Waals surface area (Å²) < 4.78 is 44.1. The first-order valence-corrected chi connectivity index (χ1v) is 11.0. The molecule has 9 heteroatoms. The van der Waals surface area contributed by atoms with Gasteiger partial charge in [-0.25, -0.2) is 22.7 Å². The Balaban J connectivity index is 1.47. The van der Waals surface area contributed by atoms with E-state index in [-0.39, 0.29) is 24.2 Å². The third-order valence-corrected chi connectivity index (χ3v) is 6.06. The molecule has 1 N–H and O–H groups in total. The van der Waals surface area contributed by atoms with Gasteiger partial charge in [0.1, 0.15) is 23.6 Å². The topological polar surface area (TPSA) is 62.5 Å². The quantitative estimate of drug-likeness (QED) is 0.445. The van der Waals surface area contributed by atoms with Crippen LogP contribution in [0.5, 0.6) is 0 Å². The largest absolute Gasteiger partial charge is 0.345 e. The smallest absolute Gasteiger partial charge is 0.276 e. The molecule has 0 aliphatic carbocycles. The van der Waals surface area contributed by atoms with Crippen molar-refractivity contribution in [3.63, 3.8) is 0 Å². The van der Waals surface area contributed by atoms with Crippen LogP contribution in [0.25, 0.3) is 5.65 Å². The molecule has 0 bridgehead atoms. The van der Waals surface area contributed by atoms with Crippen LogP contribution in [0.3, 0.4) is 0 Å². The fraction of sp³-hybridized carbons (Fsp3) is 0.240. The summed E-state index contributed by atoms with van der Waals surface area (Å²) in [5, 5.41) is 7.33. The highest BCUT2D eigenvalue weighted by atomic mass is 19.1. The van der Waals surface area contributed by atoms with Crippen LogP contribution in [0.15, 0.2) is 60.8 Å². The summed E-state index contributed by atoms with van der Waals surface area (Å²) in [5.74, 6) is -1.27. The normalized spacial score (nSPS) is 17.9. The van der Waals surface area contributed by atoms with E-state index in [0.29, 0.717) is 17.2 Å². The molecule has 2 aromatic heterocycles. The van der Waals surface area contributed by atoms with Crippen LogP contribution < -0.4 is 10.2 Å². The number of nitrogens with one attached hydrogen (secondary N) is 1. The highest BCUT2D eigenvalue weighted by Gasteiger charge is 2.36.